The number of nitrogens with one attached hydrogen (secondary N) is 2. The maximum absolute atomic E-state index is 11.5. The van der Waals surface area contributed by atoms with Crippen LogP contribution in [0.25, 0.3) is 11.1 Å². The van der Waals surface area contributed by atoms with Gasteiger partial charge in [-0.3, -0.25) is 9.59 Å². The average molecular weight is 268 g/mol. The van der Waals surface area contributed by atoms with Gasteiger partial charge in [0.2, 0.25) is 5.91 Å². The van der Waals surface area contributed by atoms with E-state index in [1.54, 1.807) is 25.3 Å². The summed E-state index contributed by atoms with van der Waals surface area (Å²) in [7, 11) is 0. The molecule has 2 N–H and O–H groups in total. The predicted molar refractivity (Wildman–Crippen MR) is 74.0 cm³/mol. The molecule has 6 nitrogen and oxygen atoms in total. The van der Waals surface area contributed by atoms with Gasteiger partial charge >= 0.3 is 0 Å². The van der Waals surface area contributed by atoms with E-state index in [-0.39, 0.29) is 11.5 Å². The molecule has 0 radical (unpaired) electrons. The number of carbonyl (C=O) groups is 1. The van der Waals surface area contributed by atoms with Crippen LogP contribution in [0.4, 0.5) is 5.82 Å². The molecule has 0 saturated carbocycles. The van der Waals surface area contributed by atoms with Crippen LogP contribution in [0.2, 0.25) is 0 Å². The highest BCUT2D eigenvalue weighted by atomic mass is 16.1. The van der Waals surface area contributed by atoms with Gasteiger partial charge in [-0.1, -0.05) is 0 Å². The number of rotatable bonds is 2. The van der Waals surface area contributed by atoms with Crippen LogP contribution in [0, 0.1) is 18.3 Å². The van der Waals surface area contributed by atoms with Gasteiger partial charge in [0.15, 0.2) is 0 Å². The first kappa shape index (κ1) is 13.5. The highest BCUT2D eigenvalue weighted by Gasteiger charge is 2.08. The molecule has 2 aromatic rings. The summed E-state index contributed by atoms with van der Waals surface area (Å²) in [6.07, 6.45) is 1.58. The third kappa shape index (κ3) is 2.72. The Morgan fingerprint density at radius 1 is 1.45 bits per heavy atom. The Labute approximate surface area is 115 Å². The minimum atomic E-state index is -0.406. The van der Waals surface area contributed by atoms with Crippen molar-refractivity contribution in [3.8, 4) is 17.2 Å². The van der Waals surface area contributed by atoms with Crippen LogP contribution in [0.3, 0.4) is 0 Å². The number of hydrogen-bond donors (Lipinski definition) is 2. The van der Waals surface area contributed by atoms with Crippen molar-refractivity contribution in [1.29, 1.82) is 5.26 Å². The molecule has 20 heavy (non-hydrogen) atoms. The quantitative estimate of drug-likeness (QED) is 0.863. The summed E-state index contributed by atoms with van der Waals surface area (Å²) < 4.78 is 0. The Bertz CT molecular complexity index is 754. The fourth-order valence-corrected chi connectivity index (χ4v) is 1.81. The van der Waals surface area contributed by atoms with Gasteiger partial charge in [-0.2, -0.15) is 5.26 Å². The molecule has 6 heteroatoms. The van der Waals surface area contributed by atoms with Gasteiger partial charge in [0.05, 0.1) is 0 Å². The molecule has 0 spiro atoms. The summed E-state index contributed by atoms with van der Waals surface area (Å²) in [6, 6.07) is 6.80. The maximum atomic E-state index is 11.5. The van der Waals surface area contributed by atoms with E-state index in [2.05, 4.69) is 15.3 Å². The molecule has 0 bridgehead atoms. The lowest BCUT2D eigenvalue weighted by Gasteiger charge is -2.07. The molecule has 2 heterocycles. The Kier molecular flexibility index (Phi) is 3.62. The molecule has 1 amide bonds. The molecule has 0 aliphatic heterocycles. The first-order valence-corrected chi connectivity index (χ1v) is 5.89. The topological polar surface area (TPSA) is 98.6 Å². The second-order valence-electron chi connectivity index (χ2n) is 4.28. The average Bonchev–Trinajstić information content (AvgIpc) is 2.39. The number of aromatic nitrogens is 2. The molecule has 0 saturated heterocycles. The van der Waals surface area contributed by atoms with Gasteiger partial charge in [-0.15, -0.1) is 0 Å². The summed E-state index contributed by atoms with van der Waals surface area (Å²) >= 11 is 0. The molecule has 0 fully saturated rings. The van der Waals surface area contributed by atoms with Crippen molar-refractivity contribution in [2.45, 2.75) is 13.8 Å². The lowest BCUT2D eigenvalue weighted by Crippen LogP contribution is -2.12. The molecule has 0 unspecified atom stereocenters. The lowest BCUT2D eigenvalue weighted by atomic mass is 10.0. The number of nitriles is 1. The van der Waals surface area contributed by atoms with E-state index in [0.717, 1.165) is 11.1 Å². The van der Waals surface area contributed by atoms with Crippen molar-refractivity contribution in [2.24, 2.45) is 0 Å². The van der Waals surface area contributed by atoms with Crippen molar-refractivity contribution >= 4 is 11.7 Å². The van der Waals surface area contributed by atoms with Gasteiger partial charge in [0.25, 0.3) is 5.56 Å². The standard InChI is InChI=1S/C14H12N4O2/c1-8-12(5-11(6-15)14(20)17-8)10-3-4-13(16-7-10)18-9(2)19/h3-5,7H,1-2H3,(H,17,20)(H,16,18,19). The minimum Gasteiger partial charge on any atom is -0.325 e. The fourth-order valence-electron chi connectivity index (χ4n) is 1.81. The lowest BCUT2D eigenvalue weighted by molar-refractivity contribution is -0.114. The van der Waals surface area contributed by atoms with E-state index < -0.39 is 5.56 Å². The first-order chi connectivity index (χ1) is 9.51. The number of pyridine rings is 2. The zero-order valence-corrected chi connectivity index (χ0v) is 11.0. The second-order valence-corrected chi connectivity index (χ2v) is 4.28. The van der Waals surface area contributed by atoms with Crippen molar-refractivity contribution in [3.63, 3.8) is 0 Å². The van der Waals surface area contributed by atoms with E-state index in [9.17, 15) is 9.59 Å². The summed E-state index contributed by atoms with van der Waals surface area (Å²) in [5.41, 5.74) is 1.78. The fraction of sp³-hybridized carbons (Fsp3) is 0.143. The third-order valence-electron chi connectivity index (χ3n) is 2.74. The van der Waals surface area contributed by atoms with E-state index in [1.807, 2.05) is 6.07 Å². The summed E-state index contributed by atoms with van der Waals surface area (Å²) in [4.78, 5) is 29.1. The Morgan fingerprint density at radius 2 is 2.20 bits per heavy atom. The molecule has 0 aliphatic rings. The smallest absolute Gasteiger partial charge is 0.266 e. The third-order valence-corrected chi connectivity index (χ3v) is 2.74. The number of aromatic amines is 1. The van der Waals surface area contributed by atoms with Crippen molar-refractivity contribution in [1.82, 2.24) is 9.97 Å². The van der Waals surface area contributed by atoms with E-state index in [4.69, 9.17) is 5.26 Å². The van der Waals surface area contributed by atoms with Crippen LogP contribution < -0.4 is 10.9 Å². The molecule has 2 aromatic heterocycles. The predicted octanol–water partition coefficient (Wildman–Crippen LogP) is 1.58. The zero-order chi connectivity index (χ0) is 14.7. The molecule has 2 rings (SSSR count). The van der Waals surface area contributed by atoms with Gasteiger partial charge in [0.1, 0.15) is 17.5 Å². The number of hydrogen-bond acceptors (Lipinski definition) is 4. The highest BCUT2D eigenvalue weighted by molar-refractivity contribution is 5.87. The Morgan fingerprint density at radius 3 is 2.75 bits per heavy atom. The first-order valence-electron chi connectivity index (χ1n) is 5.89. The molecular weight excluding hydrogens is 256 g/mol. The van der Waals surface area contributed by atoms with Crippen LogP contribution in [0.5, 0.6) is 0 Å². The largest absolute Gasteiger partial charge is 0.325 e. The Balaban J connectivity index is 2.44. The second kappa shape index (κ2) is 5.36. The zero-order valence-electron chi connectivity index (χ0n) is 11.0. The van der Waals surface area contributed by atoms with E-state index in [0.29, 0.717) is 11.5 Å². The summed E-state index contributed by atoms with van der Waals surface area (Å²) in [5.74, 6) is 0.251. The van der Waals surface area contributed by atoms with Gasteiger partial charge < -0.3 is 10.3 Å². The molecular formula is C14H12N4O2. The van der Waals surface area contributed by atoms with Crippen LogP contribution in [-0.2, 0) is 4.79 Å². The number of nitrogens with zero attached hydrogens (tertiary/aromatic N) is 2. The molecule has 0 atom stereocenters. The van der Waals surface area contributed by atoms with Crippen molar-refractivity contribution < 1.29 is 4.79 Å². The number of aryl methyl sites for hydroxylation is 1. The monoisotopic (exact) mass is 268 g/mol. The maximum Gasteiger partial charge on any atom is 0.266 e. The molecule has 100 valence electrons. The minimum absolute atomic E-state index is 0.0523. The number of carbonyl (C=O) groups excluding carboxylic acids is 1. The van der Waals surface area contributed by atoms with Gasteiger partial charge in [0, 0.05) is 29.9 Å². The SMILES string of the molecule is CC(=O)Nc1ccc(-c2cc(C#N)c(=O)[nH]c2C)cn1. The van der Waals surface area contributed by atoms with Crippen LogP contribution in [-0.4, -0.2) is 15.9 Å². The van der Waals surface area contributed by atoms with Gasteiger partial charge in [-0.25, -0.2) is 4.98 Å². The summed E-state index contributed by atoms with van der Waals surface area (Å²) in [5, 5.41) is 11.5. The number of amides is 1. The summed E-state index contributed by atoms with van der Waals surface area (Å²) in [6.45, 7) is 3.15. The number of H-pyrrole nitrogens is 1. The normalized spacial score (nSPS) is 9.85. The van der Waals surface area contributed by atoms with Crippen molar-refractivity contribution in [3.05, 3.63) is 46.0 Å². The van der Waals surface area contributed by atoms with E-state index in [1.165, 1.54) is 13.0 Å². The van der Waals surface area contributed by atoms with Crippen LogP contribution in [0.1, 0.15) is 18.2 Å². The van der Waals surface area contributed by atoms with Crippen LogP contribution >= 0.6 is 0 Å². The Hall–Kier alpha value is -2.94. The van der Waals surface area contributed by atoms with Crippen molar-refractivity contribution in [2.75, 3.05) is 5.32 Å². The molecule has 0 aliphatic carbocycles. The van der Waals surface area contributed by atoms with Crippen LogP contribution in [0.15, 0.2) is 29.2 Å². The highest BCUT2D eigenvalue weighted by Crippen LogP contribution is 2.22. The van der Waals surface area contributed by atoms with E-state index >= 15 is 0 Å². The molecule has 0 aromatic carbocycles. The van der Waals surface area contributed by atoms with Gasteiger partial charge in [-0.05, 0) is 25.1 Å². The number of anilines is 1.